The normalized spacial score (nSPS) is 14.1. The van der Waals surface area contributed by atoms with Crippen molar-refractivity contribution in [2.75, 3.05) is 11.9 Å². The summed E-state index contributed by atoms with van der Waals surface area (Å²) in [5.41, 5.74) is 2.45. The van der Waals surface area contributed by atoms with Gasteiger partial charge >= 0.3 is 0 Å². The summed E-state index contributed by atoms with van der Waals surface area (Å²) in [6.45, 7) is 5.83. The molecule has 0 aliphatic carbocycles. The second kappa shape index (κ2) is 8.76. The number of hydrogen-bond acceptors (Lipinski definition) is 6. The molecule has 0 bridgehead atoms. The number of hydrazone groups is 1. The molecule has 9 nitrogen and oxygen atoms in total. The fraction of sp³-hybridized carbons (Fsp3) is 0.238. The van der Waals surface area contributed by atoms with Crippen molar-refractivity contribution in [1.82, 2.24) is 24.8 Å². The summed E-state index contributed by atoms with van der Waals surface area (Å²) < 4.78 is 2.58. The molecule has 1 aliphatic rings. The van der Waals surface area contributed by atoms with E-state index in [1.165, 1.54) is 17.3 Å². The minimum absolute atomic E-state index is 0.271. The van der Waals surface area contributed by atoms with Crippen LogP contribution in [0.4, 0.5) is 5.95 Å². The number of benzene rings is 1. The zero-order valence-electron chi connectivity index (χ0n) is 16.9. The highest BCUT2D eigenvalue weighted by Crippen LogP contribution is 2.29. The van der Waals surface area contributed by atoms with Crippen molar-refractivity contribution in [1.29, 1.82) is 0 Å². The van der Waals surface area contributed by atoms with Crippen LogP contribution in [-0.2, 0) is 4.79 Å². The Morgan fingerprint density at radius 3 is 2.90 bits per heavy atom. The van der Waals surface area contributed by atoms with Crippen molar-refractivity contribution in [3.63, 3.8) is 0 Å². The summed E-state index contributed by atoms with van der Waals surface area (Å²) in [4.78, 5) is 29.7. The molecule has 3 aromatic rings. The Morgan fingerprint density at radius 1 is 1.29 bits per heavy atom. The van der Waals surface area contributed by atoms with Crippen LogP contribution in [-0.4, -0.2) is 49.0 Å². The molecular formula is C21H20BrN7O2. The van der Waals surface area contributed by atoms with Gasteiger partial charge < -0.3 is 0 Å². The zero-order valence-corrected chi connectivity index (χ0v) is 18.5. The van der Waals surface area contributed by atoms with E-state index < -0.39 is 0 Å². The number of nitrogens with zero attached hydrogens (tertiary/aromatic N) is 6. The lowest BCUT2D eigenvalue weighted by atomic mass is 10.2. The first kappa shape index (κ1) is 20.9. The van der Waals surface area contributed by atoms with Crippen LogP contribution < -0.4 is 5.32 Å². The largest absolute Gasteiger partial charge is 0.291 e. The van der Waals surface area contributed by atoms with Gasteiger partial charge in [-0.05, 0) is 60.0 Å². The first-order chi connectivity index (χ1) is 15.0. The second-order valence-electron chi connectivity index (χ2n) is 7.06. The molecule has 2 aromatic heterocycles. The third-order valence-corrected chi connectivity index (χ3v) is 5.47. The van der Waals surface area contributed by atoms with Gasteiger partial charge in [0.05, 0.1) is 28.5 Å². The number of hydrogen-bond donors (Lipinski definition) is 1. The SMILES string of the molecule is C=CC(=O)N1CCCCC(n2c(NC(=O)c3cnnc(C)c3)nc3cccc(Br)c32)=N1. The topological polar surface area (TPSA) is 105 Å². The molecule has 0 unspecified atom stereocenters. The molecule has 0 radical (unpaired) electrons. The first-order valence-corrected chi connectivity index (χ1v) is 10.6. The second-order valence-corrected chi connectivity index (χ2v) is 7.91. The average molecular weight is 482 g/mol. The van der Waals surface area contributed by atoms with Crippen molar-refractivity contribution in [3.8, 4) is 0 Å². The average Bonchev–Trinajstić information content (AvgIpc) is 2.95. The van der Waals surface area contributed by atoms with E-state index in [9.17, 15) is 9.59 Å². The molecule has 1 aromatic carbocycles. The number of carbonyl (C=O) groups excluding carboxylic acids is 2. The standard InChI is InChI=1S/C21H20BrN7O2/c1-3-18(30)28-10-5-4-9-17(27-28)29-19-15(22)7-6-8-16(19)24-21(29)25-20(31)14-11-13(2)26-23-12-14/h3,6-8,11-12H,1,4-5,9-10H2,2H3,(H,24,25,31). The minimum atomic E-state index is -0.362. The molecule has 31 heavy (non-hydrogen) atoms. The van der Waals surface area contributed by atoms with Gasteiger partial charge in [-0.2, -0.15) is 15.3 Å². The number of para-hydroxylation sites is 1. The van der Waals surface area contributed by atoms with Crippen LogP contribution in [0.15, 0.2) is 52.7 Å². The summed E-state index contributed by atoms with van der Waals surface area (Å²) in [7, 11) is 0. The predicted octanol–water partition coefficient (Wildman–Crippen LogP) is 3.51. The molecule has 158 valence electrons. The van der Waals surface area contributed by atoms with Crippen LogP contribution in [0, 0.1) is 6.92 Å². The maximum atomic E-state index is 12.9. The molecule has 10 heteroatoms. The molecule has 0 spiro atoms. The molecule has 3 heterocycles. The maximum Gasteiger partial charge on any atom is 0.266 e. The number of fused-ring (bicyclic) bond motifs is 1. The van der Waals surface area contributed by atoms with Gasteiger partial charge in [-0.3, -0.25) is 19.5 Å². The lowest BCUT2D eigenvalue weighted by molar-refractivity contribution is -0.126. The Labute approximate surface area is 187 Å². The van der Waals surface area contributed by atoms with Crippen LogP contribution in [0.3, 0.4) is 0 Å². The van der Waals surface area contributed by atoms with E-state index in [4.69, 9.17) is 0 Å². The predicted molar refractivity (Wildman–Crippen MR) is 121 cm³/mol. The van der Waals surface area contributed by atoms with Crippen molar-refractivity contribution in [3.05, 3.63) is 58.8 Å². The molecule has 0 saturated heterocycles. The molecule has 0 atom stereocenters. The number of aryl methyl sites for hydroxylation is 1. The Hall–Kier alpha value is -3.40. The van der Waals surface area contributed by atoms with Crippen molar-refractivity contribution in [2.24, 2.45) is 5.10 Å². The van der Waals surface area contributed by atoms with Crippen LogP contribution >= 0.6 is 15.9 Å². The van der Waals surface area contributed by atoms with E-state index in [-0.39, 0.29) is 11.8 Å². The van der Waals surface area contributed by atoms with Gasteiger partial charge in [-0.25, -0.2) is 9.99 Å². The first-order valence-electron chi connectivity index (χ1n) is 9.77. The fourth-order valence-corrected chi connectivity index (χ4v) is 3.93. The third-order valence-electron chi connectivity index (χ3n) is 4.84. The fourth-order valence-electron chi connectivity index (χ4n) is 3.40. The Kier molecular flexibility index (Phi) is 5.90. The van der Waals surface area contributed by atoms with Gasteiger partial charge in [0, 0.05) is 17.4 Å². The number of carbonyl (C=O) groups is 2. The van der Waals surface area contributed by atoms with E-state index in [1.807, 2.05) is 18.2 Å². The number of nitrogens with one attached hydrogen (secondary N) is 1. The Balaban J connectivity index is 1.83. The third kappa shape index (κ3) is 4.24. The lowest BCUT2D eigenvalue weighted by Crippen LogP contribution is -2.27. The molecule has 1 N–H and O–H groups in total. The molecule has 2 amide bonds. The lowest BCUT2D eigenvalue weighted by Gasteiger charge is -2.16. The molecule has 0 fully saturated rings. The van der Waals surface area contributed by atoms with Gasteiger partial charge in [-0.15, -0.1) is 0 Å². The number of imidazole rings is 1. The quantitative estimate of drug-likeness (QED) is 0.576. The van der Waals surface area contributed by atoms with E-state index >= 15 is 0 Å². The van der Waals surface area contributed by atoms with Gasteiger partial charge in [0.1, 0.15) is 5.84 Å². The highest BCUT2D eigenvalue weighted by Gasteiger charge is 2.23. The summed E-state index contributed by atoms with van der Waals surface area (Å²) >= 11 is 3.58. The summed E-state index contributed by atoms with van der Waals surface area (Å²) in [5, 5.41) is 16.6. The highest BCUT2D eigenvalue weighted by molar-refractivity contribution is 9.10. The zero-order chi connectivity index (χ0) is 22.0. The van der Waals surface area contributed by atoms with Crippen molar-refractivity contribution >= 4 is 50.6 Å². The highest BCUT2D eigenvalue weighted by atomic mass is 79.9. The number of rotatable bonds is 3. The van der Waals surface area contributed by atoms with Crippen LogP contribution in [0.2, 0.25) is 0 Å². The summed E-state index contributed by atoms with van der Waals surface area (Å²) in [6.07, 6.45) is 4.91. The van der Waals surface area contributed by atoms with Crippen LogP contribution in [0.5, 0.6) is 0 Å². The Bertz CT molecular complexity index is 1220. The van der Waals surface area contributed by atoms with E-state index in [1.54, 1.807) is 17.6 Å². The van der Waals surface area contributed by atoms with E-state index in [2.05, 4.69) is 48.1 Å². The number of aromatic nitrogens is 4. The summed E-state index contributed by atoms with van der Waals surface area (Å²) in [5.74, 6) is 0.292. The smallest absolute Gasteiger partial charge is 0.266 e. The van der Waals surface area contributed by atoms with Crippen LogP contribution in [0.1, 0.15) is 35.3 Å². The number of anilines is 1. The molecule has 0 saturated carbocycles. The summed E-state index contributed by atoms with van der Waals surface area (Å²) in [6, 6.07) is 7.27. The maximum absolute atomic E-state index is 12.9. The van der Waals surface area contributed by atoms with Gasteiger partial charge in [0.2, 0.25) is 5.95 Å². The van der Waals surface area contributed by atoms with Gasteiger partial charge in [-0.1, -0.05) is 12.6 Å². The van der Waals surface area contributed by atoms with Gasteiger partial charge in [0.15, 0.2) is 0 Å². The van der Waals surface area contributed by atoms with Crippen molar-refractivity contribution in [2.45, 2.75) is 26.2 Å². The molecule has 1 aliphatic heterocycles. The number of amides is 2. The van der Waals surface area contributed by atoms with Crippen molar-refractivity contribution < 1.29 is 9.59 Å². The number of halogens is 1. The van der Waals surface area contributed by atoms with Gasteiger partial charge in [0.25, 0.3) is 11.8 Å². The molecular weight excluding hydrogens is 462 g/mol. The molecule has 4 rings (SSSR count). The monoisotopic (exact) mass is 481 g/mol. The Morgan fingerprint density at radius 2 is 2.13 bits per heavy atom. The van der Waals surface area contributed by atoms with E-state index in [0.29, 0.717) is 41.5 Å². The van der Waals surface area contributed by atoms with Crippen LogP contribution in [0.25, 0.3) is 11.0 Å². The minimum Gasteiger partial charge on any atom is -0.291 e. The van der Waals surface area contributed by atoms with E-state index in [0.717, 1.165) is 22.8 Å².